The Hall–Kier alpha value is -2.14. The van der Waals surface area contributed by atoms with E-state index in [2.05, 4.69) is 15.7 Å². The Balaban J connectivity index is 1.57. The minimum atomic E-state index is -0.0547. The Morgan fingerprint density at radius 3 is 3.00 bits per heavy atom. The fourth-order valence-electron chi connectivity index (χ4n) is 2.41. The van der Waals surface area contributed by atoms with Crippen molar-refractivity contribution in [1.29, 1.82) is 0 Å². The lowest BCUT2D eigenvalue weighted by atomic mass is 10.2. The van der Waals surface area contributed by atoms with Crippen molar-refractivity contribution in [2.45, 2.75) is 19.0 Å². The zero-order valence-electron chi connectivity index (χ0n) is 11.2. The molecule has 1 amide bonds. The van der Waals surface area contributed by atoms with Gasteiger partial charge in [0, 0.05) is 30.4 Å². The second-order valence-corrected chi connectivity index (χ2v) is 5.02. The molecule has 1 aromatic carbocycles. The van der Waals surface area contributed by atoms with E-state index in [-0.39, 0.29) is 5.91 Å². The molecule has 0 radical (unpaired) electrons. The molecule has 0 spiro atoms. The summed E-state index contributed by atoms with van der Waals surface area (Å²) in [6.45, 7) is 2.52. The van der Waals surface area contributed by atoms with E-state index in [1.54, 1.807) is 0 Å². The van der Waals surface area contributed by atoms with Crippen LogP contribution in [0.15, 0.2) is 42.7 Å². The average Bonchev–Trinajstić information content (AvgIpc) is 3.16. The van der Waals surface area contributed by atoms with Gasteiger partial charge in [-0.15, -0.1) is 0 Å². The second kappa shape index (κ2) is 5.88. The summed E-state index contributed by atoms with van der Waals surface area (Å²) in [7, 11) is 0. The zero-order chi connectivity index (χ0) is 13.8. The Labute approximate surface area is 118 Å². The van der Waals surface area contributed by atoms with Crippen molar-refractivity contribution in [3.05, 3.63) is 53.9 Å². The van der Waals surface area contributed by atoms with Crippen LogP contribution in [0.1, 0.15) is 28.4 Å². The van der Waals surface area contributed by atoms with E-state index >= 15 is 0 Å². The molecule has 0 aliphatic carbocycles. The standard InChI is InChI=1S/C15H18N4O/c20-15(13-4-2-1-3-5-13)17-8-12-9-18-19(11-12)14-6-7-16-10-14/h1-5,9,11,14,16H,6-8,10H2,(H,17,20). The van der Waals surface area contributed by atoms with Crippen LogP contribution < -0.4 is 10.6 Å². The molecule has 0 bridgehead atoms. The molecular weight excluding hydrogens is 252 g/mol. The molecule has 1 atom stereocenters. The Kier molecular flexibility index (Phi) is 3.78. The van der Waals surface area contributed by atoms with Crippen molar-refractivity contribution in [3.63, 3.8) is 0 Å². The summed E-state index contributed by atoms with van der Waals surface area (Å²) in [6, 6.07) is 9.68. The zero-order valence-corrected chi connectivity index (χ0v) is 11.2. The minimum absolute atomic E-state index is 0.0547. The van der Waals surface area contributed by atoms with Gasteiger partial charge in [0.25, 0.3) is 5.91 Å². The molecule has 0 saturated carbocycles. The van der Waals surface area contributed by atoms with Gasteiger partial charge >= 0.3 is 0 Å². The normalized spacial score (nSPS) is 18.1. The van der Waals surface area contributed by atoms with Crippen LogP contribution in [0.3, 0.4) is 0 Å². The highest BCUT2D eigenvalue weighted by Gasteiger charge is 2.17. The van der Waals surface area contributed by atoms with Gasteiger partial charge in [0.05, 0.1) is 12.2 Å². The molecule has 5 nitrogen and oxygen atoms in total. The van der Waals surface area contributed by atoms with Gasteiger partial charge in [-0.3, -0.25) is 9.48 Å². The van der Waals surface area contributed by atoms with Gasteiger partial charge in [-0.1, -0.05) is 18.2 Å². The van der Waals surface area contributed by atoms with Crippen LogP contribution >= 0.6 is 0 Å². The third-order valence-corrected chi connectivity index (χ3v) is 3.55. The molecule has 2 aromatic rings. The number of carbonyl (C=O) groups excluding carboxylic acids is 1. The SMILES string of the molecule is O=C(NCc1cnn(C2CCNC2)c1)c1ccccc1. The van der Waals surface area contributed by atoms with Crippen molar-refractivity contribution in [2.24, 2.45) is 0 Å². The first-order chi connectivity index (χ1) is 9.83. The van der Waals surface area contributed by atoms with E-state index in [0.717, 1.165) is 25.1 Å². The average molecular weight is 270 g/mol. The maximum atomic E-state index is 11.9. The lowest BCUT2D eigenvalue weighted by Gasteiger charge is -2.08. The van der Waals surface area contributed by atoms with Crippen molar-refractivity contribution in [1.82, 2.24) is 20.4 Å². The first-order valence-electron chi connectivity index (χ1n) is 6.90. The van der Waals surface area contributed by atoms with E-state index in [0.29, 0.717) is 18.2 Å². The highest BCUT2D eigenvalue weighted by molar-refractivity contribution is 5.94. The van der Waals surface area contributed by atoms with Crippen molar-refractivity contribution in [2.75, 3.05) is 13.1 Å². The van der Waals surface area contributed by atoms with Crippen molar-refractivity contribution >= 4 is 5.91 Å². The Morgan fingerprint density at radius 1 is 1.40 bits per heavy atom. The first kappa shape index (κ1) is 12.9. The Bertz CT molecular complexity index is 573. The number of carbonyl (C=O) groups is 1. The van der Waals surface area contributed by atoms with E-state index < -0.39 is 0 Å². The summed E-state index contributed by atoms with van der Waals surface area (Å²) >= 11 is 0. The molecule has 1 aliphatic rings. The predicted molar refractivity (Wildman–Crippen MR) is 76.4 cm³/mol. The highest BCUT2D eigenvalue weighted by atomic mass is 16.1. The summed E-state index contributed by atoms with van der Waals surface area (Å²) in [5, 5.41) is 10.6. The molecule has 1 fully saturated rings. The highest BCUT2D eigenvalue weighted by Crippen LogP contribution is 2.14. The molecule has 104 valence electrons. The smallest absolute Gasteiger partial charge is 0.251 e. The largest absolute Gasteiger partial charge is 0.348 e. The van der Waals surface area contributed by atoms with Crippen molar-refractivity contribution in [3.8, 4) is 0 Å². The number of aromatic nitrogens is 2. The third kappa shape index (κ3) is 2.88. The fourth-order valence-corrected chi connectivity index (χ4v) is 2.41. The van der Waals surface area contributed by atoms with Crippen LogP contribution in [0.5, 0.6) is 0 Å². The molecule has 2 heterocycles. The van der Waals surface area contributed by atoms with Crippen LogP contribution in [0.25, 0.3) is 0 Å². The number of nitrogens with one attached hydrogen (secondary N) is 2. The molecular formula is C15H18N4O. The van der Waals surface area contributed by atoms with E-state index in [9.17, 15) is 4.79 Å². The monoisotopic (exact) mass is 270 g/mol. The number of nitrogens with zero attached hydrogens (tertiary/aromatic N) is 2. The fraction of sp³-hybridized carbons (Fsp3) is 0.333. The molecule has 1 unspecified atom stereocenters. The van der Waals surface area contributed by atoms with Gasteiger partial charge in [-0.05, 0) is 25.1 Å². The predicted octanol–water partition coefficient (Wildman–Crippen LogP) is 1.35. The first-order valence-corrected chi connectivity index (χ1v) is 6.90. The summed E-state index contributed by atoms with van der Waals surface area (Å²) in [5.41, 5.74) is 1.71. The van der Waals surface area contributed by atoms with Crippen LogP contribution in [0.4, 0.5) is 0 Å². The van der Waals surface area contributed by atoms with E-state index in [1.807, 2.05) is 47.4 Å². The lowest BCUT2D eigenvalue weighted by molar-refractivity contribution is 0.0951. The van der Waals surface area contributed by atoms with Crippen molar-refractivity contribution < 1.29 is 4.79 Å². The van der Waals surface area contributed by atoms with Gasteiger partial charge in [0.1, 0.15) is 0 Å². The van der Waals surface area contributed by atoms with Crippen LogP contribution in [0, 0.1) is 0 Å². The van der Waals surface area contributed by atoms with Gasteiger partial charge in [0.2, 0.25) is 0 Å². The number of hydrogen-bond donors (Lipinski definition) is 2. The molecule has 2 N–H and O–H groups in total. The number of benzene rings is 1. The number of amides is 1. The number of rotatable bonds is 4. The topological polar surface area (TPSA) is 59.0 Å². The van der Waals surface area contributed by atoms with Crippen LogP contribution in [-0.4, -0.2) is 28.8 Å². The quantitative estimate of drug-likeness (QED) is 0.881. The lowest BCUT2D eigenvalue weighted by Crippen LogP contribution is -2.22. The van der Waals surface area contributed by atoms with Gasteiger partial charge < -0.3 is 10.6 Å². The molecule has 1 aromatic heterocycles. The molecule has 3 rings (SSSR count). The second-order valence-electron chi connectivity index (χ2n) is 5.02. The minimum Gasteiger partial charge on any atom is -0.348 e. The Morgan fingerprint density at radius 2 is 2.25 bits per heavy atom. The molecule has 1 aliphatic heterocycles. The molecule has 1 saturated heterocycles. The maximum absolute atomic E-state index is 11.9. The van der Waals surface area contributed by atoms with E-state index in [1.165, 1.54) is 0 Å². The summed E-state index contributed by atoms with van der Waals surface area (Å²) in [4.78, 5) is 11.9. The van der Waals surface area contributed by atoms with E-state index in [4.69, 9.17) is 0 Å². The van der Waals surface area contributed by atoms with Crippen LogP contribution in [0.2, 0.25) is 0 Å². The third-order valence-electron chi connectivity index (χ3n) is 3.55. The summed E-state index contributed by atoms with van der Waals surface area (Å²) in [6.07, 6.45) is 4.95. The van der Waals surface area contributed by atoms with Crippen LogP contribution in [-0.2, 0) is 6.54 Å². The van der Waals surface area contributed by atoms with Gasteiger partial charge in [-0.2, -0.15) is 5.10 Å². The maximum Gasteiger partial charge on any atom is 0.251 e. The van der Waals surface area contributed by atoms with Gasteiger partial charge in [-0.25, -0.2) is 0 Å². The van der Waals surface area contributed by atoms with Gasteiger partial charge in [0.15, 0.2) is 0 Å². The molecule has 5 heteroatoms. The summed E-state index contributed by atoms with van der Waals surface area (Å²) < 4.78 is 1.99. The molecule has 20 heavy (non-hydrogen) atoms. The number of hydrogen-bond acceptors (Lipinski definition) is 3. The summed E-state index contributed by atoms with van der Waals surface area (Å²) in [5.74, 6) is -0.0547.